The summed E-state index contributed by atoms with van der Waals surface area (Å²) < 4.78 is 33.8. The summed E-state index contributed by atoms with van der Waals surface area (Å²) in [7, 11) is -2.03. The van der Waals surface area contributed by atoms with Crippen LogP contribution in [0, 0.1) is 0 Å². The van der Waals surface area contributed by atoms with E-state index < -0.39 is 10.0 Å². The summed E-state index contributed by atoms with van der Waals surface area (Å²) in [6, 6.07) is 13.5. The lowest BCUT2D eigenvalue weighted by Gasteiger charge is -2.30. The number of rotatable bonds is 11. The Kier molecular flexibility index (Phi) is 9.50. The smallest absolute Gasteiger partial charge is 0.255 e. The van der Waals surface area contributed by atoms with Gasteiger partial charge in [0.1, 0.15) is 12.4 Å². The molecular weight excluding hydrogens is 450 g/mol. The number of anilines is 1. The van der Waals surface area contributed by atoms with Gasteiger partial charge in [0.2, 0.25) is 10.0 Å². The van der Waals surface area contributed by atoms with Crippen molar-refractivity contribution in [1.29, 1.82) is 0 Å². The zero-order valence-electron chi connectivity index (χ0n) is 20.5. The van der Waals surface area contributed by atoms with Crippen molar-refractivity contribution in [2.45, 2.75) is 56.9 Å². The van der Waals surface area contributed by atoms with Gasteiger partial charge in [0.15, 0.2) is 0 Å². The molecule has 1 saturated carbocycles. The first-order valence-electron chi connectivity index (χ1n) is 12.2. The second-order valence-electron chi connectivity index (χ2n) is 8.67. The number of hydrogen-bond acceptors (Lipinski definition) is 5. The Bertz CT molecular complexity index is 1050. The second-order valence-corrected chi connectivity index (χ2v) is 10.7. The van der Waals surface area contributed by atoms with Gasteiger partial charge in [-0.15, -0.1) is 0 Å². The summed E-state index contributed by atoms with van der Waals surface area (Å²) >= 11 is 0. The quantitative estimate of drug-likeness (QED) is 0.501. The molecule has 0 saturated heterocycles. The van der Waals surface area contributed by atoms with E-state index >= 15 is 0 Å². The lowest BCUT2D eigenvalue weighted by molar-refractivity contribution is 0.102. The zero-order valence-corrected chi connectivity index (χ0v) is 21.3. The van der Waals surface area contributed by atoms with Crippen molar-refractivity contribution >= 4 is 21.6 Å². The summed E-state index contributed by atoms with van der Waals surface area (Å²) in [5.74, 6) is 0.209. The van der Waals surface area contributed by atoms with Crippen molar-refractivity contribution in [3.8, 4) is 5.75 Å². The Labute approximate surface area is 204 Å². The lowest BCUT2D eigenvalue weighted by atomic mass is 9.96. The number of carbonyl (C=O) groups excluding carboxylic acids is 1. The van der Waals surface area contributed by atoms with Crippen LogP contribution in [0.2, 0.25) is 0 Å². The van der Waals surface area contributed by atoms with Gasteiger partial charge in [0.25, 0.3) is 5.91 Å². The molecule has 0 heterocycles. The minimum atomic E-state index is -3.68. The molecule has 1 aliphatic carbocycles. The van der Waals surface area contributed by atoms with Crippen LogP contribution in [0.25, 0.3) is 0 Å². The first-order valence-corrected chi connectivity index (χ1v) is 13.6. The van der Waals surface area contributed by atoms with Crippen molar-refractivity contribution in [1.82, 2.24) is 9.21 Å². The summed E-state index contributed by atoms with van der Waals surface area (Å²) in [5.41, 5.74) is 0.843. The third-order valence-corrected chi connectivity index (χ3v) is 8.46. The molecule has 0 unspecified atom stereocenters. The fourth-order valence-electron chi connectivity index (χ4n) is 4.32. The van der Waals surface area contributed by atoms with E-state index in [-0.39, 0.29) is 22.4 Å². The summed E-state index contributed by atoms with van der Waals surface area (Å²) in [5, 5.41) is 2.88. The molecule has 7 nitrogen and oxygen atoms in total. The largest absolute Gasteiger partial charge is 0.490 e. The highest BCUT2D eigenvalue weighted by Crippen LogP contribution is 2.28. The van der Waals surface area contributed by atoms with Crippen LogP contribution in [0.4, 0.5) is 5.69 Å². The number of nitrogens with one attached hydrogen (secondary N) is 1. The number of amides is 1. The minimum absolute atomic E-state index is 0.0107. The highest BCUT2D eigenvalue weighted by atomic mass is 32.2. The van der Waals surface area contributed by atoms with Crippen molar-refractivity contribution in [2.24, 2.45) is 0 Å². The molecule has 0 radical (unpaired) electrons. The topological polar surface area (TPSA) is 79.0 Å². The van der Waals surface area contributed by atoms with Crippen LogP contribution < -0.4 is 10.1 Å². The van der Waals surface area contributed by atoms with Gasteiger partial charge < -0.3 is 15.0 Å². The molecule has 1 aliphatic rings. The van der Waals surface area contributed by atoms with Crippen LogP contribution in [-0.2, 0) is 10.0 Å². The molecule has 186 valence electrons. The van der Waals surface area contributed by atoms with Crippen LogP contribution in [0.15, 0.2) is 53.4 Å². The maximum atomic E-state index is 13.2. The van der Waals surface area contributed by atoms with E-state index in [1.807, 2.05) is 18.2 Å². The van der Waals surface area contributed by atoms with E-state index in [4.69, 9.17) is 4.74 Å². The number of likely N-dealkylation sites (N-methyl/N-ethyl adjacent to an activating group) is 1. The van der Waals surface area contributed by atoms with Crippen molar-refractivity contribution < 1.29 is 17.9 Å². The van der Waals surface area contributed by atoms with E-state index in [2.05, 4.69) is 24.1 Å². The number of hydrogen-bond donors (Lipinski definition) is 1. The van der Waals surface area contributed by atoms with Gasteiger partial charge in [0, 0.05) is 25.2 Å². The third kappa shape index (κ3) is 6.58. The molecule has 0 atom stereocenters. The monoisotopic (exact) mass is 487 g/mol. The number of nitrogens with zero attached hydrogens (tertiary/aromatic N) is 2. The summed E-state index contributed by atoms with van der Waals surface area (Å²) in [6.45, 7) is 7.43. The van der Waals surface area contributed by atoms with Gasteiger partial charge >= 0.3 is 0 Å². The first-order chi connectivity index (χ1) is 16.4. The maximum absolute atomic E-state index is 13.2. The Hall–Kier alpha value is -2.42. The highest BCUT2D eigenvalue weighted by Gasteiger charge is 2.29. The molecular formula is C26H37N3O4S. The lowest BCUT2D eigenvalue weighted by Crippen LogP contribution is -2.38. The molecule has 0 bridgehead atoms. The maximum Gasteiger partial charge on any atom is 0.255 e. The normalized spacial score (nSPS) is 15.0. The number of benzene rings is 2. The van der Waals surface area contributed by atoms with Crippen LogP contribution in [0.1, 0.15) is 56.3 Å². The Balaban J connectivity index is 1.71. The van der Waals surface area contributed by atoms with E-state index in [0.717, 1.165) is 51.7 Å². The zero-order chi connectivity index (χ0) is 24.6. The molecule has 1 fully saturated rings. The van der Waals surface area contributed by atoms with Gasteiger partial charge in [-0.25, -0.2) is 8.42 Å². The van der Waals surface area contributed by atoms with E-state index in [1.54, 1.807) is 31.3 Å². The SMILES string of the molecule is CCN(CC)CCOc1ccccc1NC(=O)c1cccc(S(=O)(=O)N(C)C2CCCCC2)c1. The van der Waals surface area contributed by atoms with Gasteiger partial charge in [-0.1, -0.05) is 51.3 Å². The van der Waals surface area contributed by atoms with Crippen molar-refractivity contribution in [3.63, 3.8) is 0 Å². The van der Waals surface area contributed by atoms with Crippen LogP contribution >= 0.6 is 0 Å². The number of ether oxygens (including phenoxy) is 1. The predicted molar refractivity (Wildman–Crippen MR) is 136 cm³/mol. The molecule has 1 amide bonds. The standard InChI is InChI=1S/C26H37N3O4S/c1-4-29(5-2)18-19-33-25-17-10-9-16-24(25)27-26(30)21-12-11-15-23(20-21)34(31,32)28(3)22-13-7-6-8-14-22/h9-12,15-17,20,22H,4-8,13-14,18-19H2,1-3H3,(H,27,30). The minimum Gasteiger partial charge on any atom is -0.490 e. The number of carbonyl (C=O) groups is 1. The molecule has 3 rings (SSSR count). The molecule has 2 aromatic carbocycles. The average molecular weight is 488 g/mol. The summed E-state index contributed by atoms with van der Waals surface area (Å²) in [6.07, 6.45) is 5.00. The van der Waals surface area contributed by atoms with E-state index in [9.17, 15) is 13.2 Å². The van der Waals surface area contributed by atoms with Gasteiger partial charge in [0.05, 0.1) is 10.6 Å². The fraction of sp³-hybridized carbons (Fsp3) is 0.500. The van der Waals surface area contributed by atoms with Crippen LogP contribution in [0.5, 0.6) is 5.75 Å². The van der Waals surface area contributed by atoms with Crippen molar-refractivity contribution in [2.75, 3.05) is 38.6 Å². The molecule has 0 aliphatic heterocycles. The molecule has 0 spiro atoms. The first kappa shape index (κ1) is 26.2. The Morgan fingerprint density at radius 2 is 1.74 bits per heavy atom. The van der Waals surface area contributed by atoms with Crippen LogP contribution in [-0.4, -0.2) is 62.9 Å². The fourth-order valence-corrected chi connectivity index (χ4v) is 5.78. The van der Waals surface area contributed by atoms with E-state index in [1.165, 1.54) is 10.4 Å². The number of para-hydroxylation sites is 2. The molecule has 1 N–H and O–H groups in total. The molecule has 2 aromatic rings. The Morgan fingerprint density at radius 3 is 2.44 bits per heavy atom. The Morgan fingerprint density at radius 1 is 1.03 bits per heavy atom. The van der Waals surface area contributed by atoms with Crippen LogP contribution in [0.3, 0.4) is 0 Å². The molecule has 0 aromatic heterocycles. The van der Waals surface area contributed by atoms with Gasteiger partial charge in [-0.3, -0.25) is 4.79 Å². The highest BCUT2D eigenvalue weighted by molar-refractivity contribution is 7.89. The second kappa shape index (κ2) is 12.3. The number of sulfonamides is 1. The third-order valence-electron chi connectivity index (χ3n) is 6.56. The van der Waals surface area contributed by atoms with Gasteiger partial charge in [-0.2, -0.15) is 4.31 Å². The molecule has 8 heteroatoms. The average Bonchev–Trinajstić information content (AvgIpc) is 2.87. The van der Waals surface area contributed by atoms with Gasteiger partial charge in [-0.05, 0) is 56.3 Å². The predicted octanol–water partition coefficient (Wildman–Crippen LogP) is 4.61. The summed E-state index contributed by atoms with van der Waals surface area (Å²) in [4.78, 5) is 15.4. The molecule has 34 heavy (non-hydrogen) atoms. The van der Waals surface area contributed by atoms with Crippen molar-refractivity contribution in [3.05, 3.63) is 54.1 Å². The van der Waals surface area contributed by atoms with E-state index in [0.29, 0.717) is 18.0 Å².